The van der Waals surface area contributed by atoms with Gasteiger partial charge in [0, 0.05) is 17.4 Å². The monoisotopic (exact) mass is 241 g/mol. The molecule has 0 spiro atoms. The molecule has 0 aromatic carbocycles. The molecule has 0 aromatic rings. The first-order chi connectivity index (χ1) is 8.24. The van der Waals surface area contributed by atoms with Crippen molar-refractivity contribution in [2.24, 2.45) is 5.11 Å². The minimum atomic E-state index is -0.209. The lowest BCUT2D eigenvalue weighted by Gasteiger charge is -2.10. The van der Waals surface area contributed by atoms with Gasteiger partial charge in [0.25, 0.3) is 0 Å². The number of hydrogen-bond donors (Lipinski definition) is 0. The predicted molar refractivity (Wildman–Crippen MR) is 67.6 cm³/mol. The second kappa shape index (κ2) is 11.3. The Balaban J connectivity index is 3.81. The molecule has 0 fully saturated rings. The van der Waals surface area contributed by atoms with E-state index in [1.807, 2.05) is 0 Å². The van der Waals surface area contributed by atoms with Gasteiger partial charge in [0.2, 0.25) is 0 Å². The lowest BCUT2D eigenvalue weighted by Crippen LogP contribution is -2.10. The highest BCUT2D eigenvalue weighted by Crippen LogP contribution is 2.13. The van der Waals surface area contributed by atoms with Crippen molar-refractivity contribution in [1.82, 2.24) is 0 Å². The molecule has 0 aliphatic rings. The van der Waals surface area contributed by atoms with Crippen LogP contribution in [0.2, 0.25) is 0 Å². The number of unbranched alkanes of at least 4 members (excludes halogenated alkanes) is 3. The first-order valence-corrected chi connectivity index (χ1v) is 6.44. The summed E-state index contributed by atoms with van der Waals surface area (Å²) in [5, 5.41) is 3.73. The van der Waals surface area contributed by atoms with Crippen LogP contribution < -0.4 is 0 Å². The van der Waals surface area contributed by atoms with Crippen LogP contribution in [0.25, 0.3) is 10.4 Å². The van der Waals surface area contributed by atoms with Gasteiger partial charge in [0.05, 0.1) is 6.61 Å². The van der Waals surface area contributed by atoms with E-state index in [0.717, 1.165) is 19.3 Å². The van der Waals surface area contributed by atoms with Gasteiger partial charge < -0.3 is 4.74 Å². The fraction of sp³-hybridized carbons (Fsp3) is 0.917. The summed E-state index contributed by atoms with van der Waals surface area (Å²) < 4.78 is 4.84. The highest BCUT2D eigenvalue weighted by molar-refractivity contribution is 5.69. The molecule has 5 nitrogen and oxygen atoms in total. The standard InChI is InChI=1S/C12H23N3O2/c1-3-5-6-7-8-11(14-15-13)9-10-12(16)17-4-2/h11H,3-10H2,1-2H3. The van der Waals surface area contributed by atoms with E-state index < -0.39 is 0 Å². The summed E-state index contributed by atoms with van der Waals surface area (Å²) >= 11 is 0. The molecule has 0 aliphatic carbocycles. The van der Waals surface area contributed by atoms with E-state index in [1.165, 1.54) is 12.8 Å². The highest BCUT2D eigenvalue weighted by Gasteiger charge is 2.10. The molecule has 17 heavy (non-hydrogen) atoms. The van der Waals surface area contributed by atoms with Crippen LogP contribution in [0.5, 0.6) is 0 Å². The first-order valence-electron chi connectivity index (χ1n) is 6.44. The van der Waals surface area contributed by atoms with Crippen molar-refractivity contribution in [3.63, 3.8) is 0 Å². The van der Waals surface area contributed by atoms with Crippen LogP contribution in [0.4, 0.5) is 0 Å². The maximum Gasteiger partial charge on any atom is 0.305 e. The third-order valence-electron chi connectivity index (χ3n) is 2.59. The molecule has 0 bridgehead atoms. The van der Waals surface area contributed by atoms with Crippen molar-refractivity contribution in [3.05, 3.63) is 10.4 Å². The summed E-state index contributed by atoms with van der Waals surface area (Å²) in [5.74, 6) is -0.209. The molecule has 0 N–H and O–H groups in total. The van der Waals surface area contributed by atoms with Crippen LogP contribution in [0, 0.1) is 0 Å². The van der Waals surface area contributed by atoms with Crippen LogP contribution in [-0.2, 0) is 9.53 Å². The first kappa shape index (κ1) is 15.8. The van der Waals surface area contributed by atoms with Crippen molar-refractivity contribution < 1.29 is 9.53 Å². The Kier molecular flexibility index (Phi) is 10.5. The third-order valence-corrected chi connectivity index (χ3v) is 2.59. The topological polar surface area (TPSA) is 75.1 Å². The van der Waals surface area contributed by atoms with Gasteiger partial charge in [-0.3, -0.25) is 4.79 Å². The van der Waals surface area contributed by atoms with Gasteiger partial charge in [0.1, 0.15) is 0 Å². The van der Waals surface area contributed by atoms with Crippen LogP contribution in [-0.4, -0.2) is 18.6 Å². The zero-order chi connectivity index (χ0) is 12.9. The number of rotatable bonds is 10. The zero-order valence-electron chi connectivity index (χ0n) is 10.9. The molecule has 0 rings (SSSR count). The average molecular weight is 241 g/mol. The van der Waals surface area contributed by atoms with Gasteiger partial charge in [-0.2, -0.15) is 0 Å². The summed E-state index contributed by atoms with van der Waals surface area (Å²) in [5.41, 5.74) is 8.45. The number of carbonyl (C=O) groups is 1. The molecule has 0 saturated carbocycles. The van der Waals surface area contributed by atoms with E-state index in [-0.39, 0.29) is 12.0 Å². The van der Waals surface area contributed by atoms with E-state index in [4.69, 9.17) is 10.3 Å². The molecule has 0 radical (unpaired) electrons. The van der Waals surface area contributed by atoms with Crippen molar-refractivity contribution in [2.45, 2.75) is 64.8 Å². The summed E-state index contributed by atoms with van der Waals surface area (Å²) in [6.45, 7) is 4.35. The number of hydrogen-bond acceptors (Lipinski definition) is 3. The van der Waals surface area contributed by atoms with Gasteiger partial charge >= 0.3 is 5.97 Å². The largest absolute Gasteiger partial charge is 0.466 e. The molecule has 0 aliphatic heterocycles. The number of nitrogens with zero attached hydrogens (tertiary/aromatic N) is 3. The minimum Gasteiger partial charge on any atom is -0.466 e. The minimum absolute atomic E-state index is 0.0683. The van der Waals surface area contributed by atoms with Gasteiger partial charge in [-0.1, -0.05) is 37.7 Å². The van der Waals surface area contributed by atoms with Gasteiger partial charge in [-0.05, 0) is 25.3 Å². The van der Waals surface area contributed by atoms with Crippen LogP contribution in [0.1, 0.15) is 58.8 Å². The van der Waals surface area contributed by atoms with Crippen LogP contribution in [0.15, 0.2) is 5.11 Å². The Morgan fingerprint density at radius 3 is 2.65 bits per heavy atom. The van der Waals surface area contributed by atoms with Gasteiger partial charge in [-0.25, -0.2) is 0 Å². The van der Waals surface area contributed by atoms with Crippen molar-refractivity contribution in [1.29, 1.82) is 0 Å². The van der Waals surface area contributed by atoms with E-state index >= 15 is 0 Å². The Labute approximate surface area is 103 Å². The van der Waals surface area contributed by atoms with Crippen LogP contribution >= 0.6 is 0 Å². The second-order valence-electron chi connectivity index (χ2n) is 4.05. The maximum absolute atomic E-state index is 11.2. The Bertz CT molecular complexity index is 250. The quantitative estimate of drug-likeness (QED) is 0.191. The Hall–Kier alpha value is -1.22. The number of carbonyl (C=O) groups excluding carboxylic acids is 1. The van der Waals surface area contributed by atoms with Crippen molar-refractivity contribution >= 4 is 5.97 Å². The fourth-order valence-corrected chi connectivity index (χ4v) is 1.66. The molecule has 98 valence electrons. The average Bonchev–Trinajstić information content (AvgIpc) is 2.32. The van der Waals surface area contributed by atoms with Gasteiger partial charge in [0.15, 0.2) is 0 Å². The van der Waals surface area contributed by atoms with Crippen molar-refractivity contribution in [2.75, 3.05) is 6.61 Å². The predicted octanol–water partition coefficient (Wildman–Crippen LogP) is 3.98. The molecule has 0 amide bonds. The number of azide groups is 1. The normalized spacial score (nSPS) is 11.6. The Morgan fingerprint density at radius 2 is 2.06 bits per heavy atom. The molecule has 5 heteroatoms. The SMILES string of the molecule is CCCCCCC(CCC(=O)OCC)N=[N+]=[N-]. The maximum atomic E-state index is 11.2. The van der Waals surface area contributed by atoms with E-state index in [9.17, 15) is 4.79 Å². The highest BCUT2D eigenvalue weighted by atomic mass is 16.5. The molecular formula is C12H23N3O2. The molecule has 1 unspecified atom stereocenters. The Morgan fingerprint density at radius 1 is 1.29 bits per heavy atom. The van der Waals surface area contributed by atoms with Crippen molar-refractivity contribution in [3.8, 4) is 0 Å². The van der Waals surface area contributed by atoms with E-state index in [1.54, 1.807) is 6.92 Å². The molecule has 0 aromatic heterocycles. The summed E-state index contributed by atoms with van der Waals surface area (Å²) in [6, 6.07) is -0.0683. The van der Waals surface area contributed by atoms with E-state index in [2.05, 4.69) is 16.9 Å². The second-order valence-corrected chi connectivity index (χ2v) is 4.05. The molecule has 0 saturated heterocycles. The molecule has 1 atom stereocenters. The summed E-state index contributed by atoms with van der Waals surface area (Å²) in [6.07, 6.45) is 6.41. The summed E-state index contributed by atoms with van der Waals surface area (Å²) in [7, 11) is 0. The third kappa shape index (κ3) is 9.69. The summed E-state index contributed by atoms with van der Waals surface area (Å²) in [4.78, 5) is 14.0. The fourth-order valence-electron chi connectivity index (χ4n) is 1.66. The zero-order valence-corrected chi connectivity index (χ0v) is 10.9. The lowest BCUT2D eigenvalue weighted by atomic mass is 10.0. The molecular weight excluding hydrogens is 218 g/mol. The smallest absolute Gasteiger partial charge is 0.305 e. The molecule has 0 heterocycles. The van der Waals surface area contributed by atoms with Gasteiger partial charge in [-0.15, -0.1) is 0 Å². The number of ether oxygens (including phenoxy) is 1. The lowest BCUT2D eigenvalue weighted by molar-refractivity contribution is -0.143. The van der Waals surface area contributed by atoms with E-state index in [0.29, 0.717) is 19.4 Å². The van der Waals surface area contributed by atoms with Crippen LogP contribution in [0.3, 0.4) is 0 Å². The number of esters is 1.